The van der Waals surface area contributed by atoms with E-state index in [2.05, 4.69) is 17.2 Å². The zero-order valence-corrected chi connectivity index (χ0v) is 14.9. The lowest BCUT2D eigenvalue weighted by molar-refractivity contribution is 0.0410. The summed E-state index contributed by atoms with van der Waals surface area (Å²) >= 11 is 0. The van der Waals surface area contributed by atoms with Gasteiger partial charge in [-0.05, 0) is 57.2 Å². The Labute approximate surface area is 148 Å². The highest BCUT2D eigenvalue weighted by Crippen LogP contribution is 2.18. The summed E-state index contributed by atoms with van der Waals surface area (Å²) in [5, 5.41) is 5.93. The van der Waals surface area contributed by atoms with E-state index in [0.717, 1.165) is 5.56 Å². The zero-order valence-electron chi connectivity index (χ0n) is 14.9. The number of anilines is 2. The van der Waals surface area contributed by atoms with E-state index in [0.29, 0.717) is 29.4 Å². The van der Waals surface area contributed by atoms with Gasteiger partial charge in [-0.25, -0.2) is 0 Å². The van der Waals surface area contributed by atoms with E-state index in [4.69, 9.17) is 10.5 Å². The maximum Gasteiger partial charge on any atom is 0.255 e. The second kappa shape index (κ2) is 7.75. The molecule has 5 heteroatoms. The van der Waals surface area contributed by atoms with Crippen LogP contribution in [0.15, 0.2) is 61.0 Å². The molecule has 0 aromatic heterocycles. The van der Waals surface area contributed by atoms with Gasteiger partial charge in [-0.1, -0.05) is 24.3 Å². The van der Waals surface area contributed by atoms with Gasteiger partial charge in [0.05, 0.1) is 11.4 Å². The normalized spacial score (nSPS) is 10.8. The van der Waals surface area contributed by atoms with Crippen molar-refractivity contribution in [2.45, 2.75) is 32.9 Å². The molecule has 0 spiro atoms. The summed E-state index contributed by atoms with van der Waals surface area (Å²) in [7, 11) is 0. The first-order valence-electron chi connectivity index (χ1n) is 8.11. The van der Waals surface area contributed by atoms with Crippen LogP contribution in [0.2, 0.25) is 0 Å². The molecule has 4 N–H and O–H groups in total. The van der Waals surface area contributed by atoms with Gasteiger partial charge in [0.1, 0.15) is 5.60 Å². The van der Waals surface area contributed by atoms with E-state index >= 15 is 0 Å². The summed E-state index contributed by atoms with van der Waals surface area (Å²) in [5.41, 5.74) is 8.28. The molecule has 1 amide bonds. The van der Waals surface area contributed by atoms with Crippen molar-refractivity contribution in [3.05, 3.63) is 72.1 Å². The number of carbonyl (C=O) groups excluding carboxylic acids is 1. The smallest absolute Gasteiger partial charge is 0.255 e. The van der Waals surface area contributed by atoms with Crippen molar-refractivity contribution in [1.82, 2.24) is 5.32 Å². The summed E-state index contributed by atoms with van der Waals surface area (Å²) < 4.78 is 5.62. The van der Waals surface area contributed by atoms with Crippen LogP contribution in [0.3, 0.4) is 0 Å². The van der Waals surface area contributed by atoms with Gasteiger partial charge in [-0.15, -0.1) is 0 Å². The van der Waals surface area contributed by atoms with Crippen molar-refractivity contribution in [2.24, 2.45) is 0 Å². The summed E-state index contributed by atoms with van der Waals surface area (Å²) in [4.78, 5) is 12.3. The van der Waals surface area contributed by atoms with Crippen molar-refractivity contribution in [1.29, 1.82) is 0 Å². The Hall–Kier alpha value is -2.95. The number of benzene rings is 2. The number of carbonyl (C=O) groups is 1. The number of hydrogen-bond acceptors (Lipinski definition) is 4. The molecule has 5 nitrogen and oxygen atoms in total. The van der Waals surface area contributed by atoms with Gasteiger partial charge in [0, 0.05) is 12.1 Å². The van der Waals surface area contributed by atoms with Crippen LogP contribution in [-0.4, -0.2) is 11.5 Å². The number of nitrogens with two attached hydrogens (primary N) is 1. The van der Waals surface area contributed by atoms with Crippen molar-refractivity contribution < 1.29 is 9.53 Å². The highest BCUT2D eigenvalue weighted by Gasteiger charge is 2.12. The van der Waals surface area contributed by atoms with Gasteiger partial charge in [0.15, 0.2) is 5.88 Å². The second-order valence-electron chi connectivity index (χ2n) is 6.73. The quantitative estimate of drug-likeness (QED) is 0.551. The first kappa shape index (κ1) is 18.4. The Morgan fingerprint density at radius 3 is 2.36 bits per heavy atom. The van der Waals surface area contributed by atoms with E-state index in [1.807, 2.05) is 45.0 Å². The standard InChI is InChI=1S/C20H25N3O2/c1-14(25-20(2,3)4)22-13-15-9-11-16(12-10-15)19(24)23-18-8-6-5-7-17(18)21/h5-12,22H,1,13,21H2,2-4H3,(H,23,24). The molecule has 2 aromatic rings. The lowest BCUT2D eigenvalue weighted by Crippen LogP contribution is -2.25. The number of para-hydroxylation sites is 2. The maximum absolute atomic E-state index is 12.3. The maximum atomic E-state index is 12.3. The number of nitrogens with one attached hydrogen (secondary N) is 2. The molecule has 0 atom stereocenters. The summed E-state index contributed by atoms with van der Waals surface area (Å²) in [6, 6.07) is 14.5. The van der Waals surface area contributed by atoms with Gasteiger partial charge in [0.25, 0.3) is 5.91 Å². The zero-order chi connectivity index (χ0) is 18.4. The van der Waals surface area contributed by atoms with Crippen molar-refractivity contribution in [3.8, 4) is 0 Å². The van der Waals surface area contributed by atoms with Crippen LogP contribution in [0.1, 0.15) is 36.7 Å². The highest BCUT2D eigenvalue weighted by molar-refractivity contribution is 6.05. The lowest BCUT2D eigenvalue weighted by atomic mass is 10.1. The van der Waals surface area contributed by atoms with Crippen molar-refractivity contribution in [2.75, 3.05) is 11.1 Å². The largest absolute Gasteiger partial charge is 0.474 e. The number of rotatable bonds is 6. The van der Waals surface area contributed by atoms with Gasteiger partial charge in [0.2, 0.25) is 0 Å². The molecular weight excluding hydrogens is 314 g/mol. The minimum atomic E-state index is -0.286. The fraction of sp³-hybridized carbons (Fsp3) is 0.250. The molecule has 0 bridgehead atoms. The van der Waals surface area contributed by atoms with Crippen LogP contribution >= 0.6 is 0 Å². The Morgan fingerprint density at radius 2 is 1.76 bits per heavy atom. The van der Waals surface area contributed by atoms with Gasteiger partial charge in [-0.3, -0.25) is 4.79 Å². The highest BCUT2D eigenvalue weighted by atomic mass is 16.5. The van der Waals surface area contributed by atoms with E-state index in [9.17, 15) is 4.79 Å². The molecule has 0 aliphatic rings. The van der Waals surface area contributed by atoms with Crippen LogP contribution in [-0.2, 0) is 11.3 Å². The number of hydrogen-bond donors (Lipinski definition) is 3. The number of amides is 1. The van der Waals surface area contributed by atoms with E-state index in [1.165, 1.54) is 0 Å². The fourth-order valence-electron chi connectivity index (χ4n) is 2.19. The van der Waals surface area contributed by atoms with Crippen LogP contribution in [0.4, 0.5) is 11.4 Å². The summed E-state index contributed by atoms with van der Waals surface area (Å²) in [6.45, 7) is 10.3. The average Bonchev–Trinajstić information content (AvgIpc) is 2.54. The molecule has 0 saturated carbocycles. The SMILES string of the molecule is C=C(NCc1ccc(C(=O)Nc2ccccc2N)cc1)OC(C)(C)C. The predicted octanol–water partition coefficient (Wildman–Crippen LogP) is 3.90. The molecule has 2 aromatic carbocycles. The van der Waals surface area contributed by atoms with E-state index < -0.39 is 0 Å². The average molecular weight is 339 g/mol. The van der Waals surface area contributed by atoms with Crippen LogP contribution in [0, 0.1) is 0 Å². The number of ether oxygens (including phenoxy) is 1. The lowest BCUT2D eigenvalue weighted by Gasteiger charge is -2.23. The Morgan fingerprint density at radius 1 is 1.12 bits per heavy atom. The Balaban J connectivity index is 1.92. The second-order valence-corrected chi connectivity index (χ2v) is 6.73. The third-order valence-corrected chi connectivity index (χ3v) is 3.34. The summed E-state index contributed by atoms with van der Waals surface area (Å²) in [5.74, 6) is 0.326. The van der Waals surface area contributed by atoms with E-state index in [-0.39, 0.29) is 11.5 Å². The molecule has 132 valence electrons. The third kappa shape index (κ3) is 5.88. The molecule has 0 radical (unpaired) electrons. The molecule has 0 fully saturated rings. The third-order valence-electron chi connectivity index (χ3n) is 3.34. The minimum absolute atomic E-state index is 0.196. The molecule has 2 rings (SSSR count). The van der Waals surface area contributed by atoms with Crippen LogP contribution < -0.4 is 16.4 Å². The Bertz CT molecular complexity index is 746. The molecule has 0 heterocycles. The van der Waals surface area contributed by atoms with Crippen LogP contribution in [0.25, 0.3) is 0 Å². The van der Waals surface area contributed by atoms with Crippen molar-refractivity contribution >= 4 is 17.3 Å². The first-order chi connectivity index (χ1) is 11.7. The minimum Gasteiger partial charge on any atom is -0.474 e. The van der Waals surface area contributed by atoms with Crippen LogP contribution in [0.5, 0.6) is 0 Å². The molecule has 0 unspecified atom stereocenters. The van der Waals surface area contributed by atoms with Gasteiger partial charge < -0.3 is 21.1 Å². The monoisotopic (exact) mass is 339 g/mol. The van der Waals surface area contributed by atoms with Crippen molar-refractivity contribution in [3.63, 3.8) is 0 Å². The van der Waals surface area contributed by atoms with E-state index in [1.54, 1.807) is 24.3 Å². The van der Waals surface area contributed by atoms with Gasteiger partial charge in [-0.2, -0.15) is 0 Å². The topological polar surface area (TPSA) is 76.4 Å². The molecule has 0 saturated heterocycles. The van der Waals surface area contributed by atoms with Gasteiger partial charge >= 0.3 is 0 Å². The Kier molecular flexibility index (Phi) is 5.70. The molecular formula is C20H25N3O2. The summed E-state index contributed by atoms with van der Waals surface area (Å²) in [6.07, 6.45) is 0. The number of nitrogen functional groups attached to an aromatic ring is 1. The first-order valence-corrected chi connectivity index (χ1v) is 8.11. The fourth-order valence-corrected chi connectivity index (χ4v) is 2.19. The molecule has 0 aliphatic carbocycles. The molecule has 0 aliphatic heterocycles. The molecule has 25 heavy (non-hydrogen) atoms. The predicted molar refractivity (Wildman–Crippen MR) is 102 cm³/mol.